The Bertz CT molecular complexity index is 1080. The molecule has 0 atom stereocenters. The van der Waals surface area contributed by atoms with E-state index in [2.05, 4.69) is 0 Å². The average Bonchev–Trinajstić information content (AvgIpc) is 3.63. The molecule has 0 unspecified atom stereocenters. The highest BCUT2D eigenvalue weighted by Gasteiger charge is 2.22. The number of rotatable bonds is 57. The minimum atomic E-state index is -0.880. The highest BCUT2D eigenvalue weighted by molar-refractivity contribution is 6.12. The number of carboxylic acid groups (broad SMARTS) is 1. The standard InChI is InChI=1S/C43H79NO22/c45-41-1-2-42(46)44(41)4-6-50-8-10-52-12-14-54-16-18-56-20-22-58-24-26-60-28-30-62-32-34-64-36-38-66-40-39-65-37-35-63-33-31-61-29-27-59-25-23-57-21-19-55-17-15-53-13-11-51-9-7-49-5-3-43(47)48/h1-2H,3-40H2,(H,47,48). The van der Waals surface area contributed by atoms with Gasteiger partial charge in [0, 0.05) is 12.2 Å². The van der Waals surface area contributed by atoms with E-state index in [4.69, 9.17) is 90.4 Å². The zero-order chi connectivity index (χ0) is 47.3. The summed E-state index contributed by atoms with van der Waals surface area (Å²) in [5, 5.41) is 8.51. The Labute approximate surface area is 389 Å². The average molecular weight is 962 g/mol. The molecule has 1 rings (SSSR count). The van der Waals surface area contributed by atoms with Crippen LogP contribution in [0.15, 0.2) is 12.2 Å². The van der Waals surface area contributed by atoms with Crippen LogP contribution in [0.2, 0.25) is 0 Å². The SMILES string of the molecule is O=C(O)CCOCCOCCOCCOCCOCCOCCOCCOCCOCCOCCOCCOCCOCCOCCOCCOCCOCCOCCN1C(=O)C=CC1=O. The van der Waals surface area contributed by atoms with Crippen LogP contribution >= 0.6 is 0 Å². The predicted octanol–water partition coefficient (Wildman–Crippen LogP) is -0.315. The number of hydrogen-bond acceptors (Lipinski definition) is 21. The Morgan fingerprint density at radius 1 is 0.288 bits per heavy atom. The van der Waals surface area contributed by atoms with Crippen LogP contribution in [-0.2, 0) is 99.6 Å². The van der Waals surface area contributed by atoms with E-state index in [1.165, 1.54) is 12.2 Å². The largest absolute Gasteiger partial charge is 0.481 e. The molecule has 0 radical (unpaired) electrons. The molecule has 0 aromatic carbocycles. The predicted molar refractivity (Wildman–Crippen MR) is 233 cm³/mol. The van der Waals surface area contributed by atoms with E-state index in [1.54, 1.807) is 0 Å². The topological polar surface area (TPSA) is 241 Å². The van der Waals surface area contributed by atoms with Crippen molar-refractivity contribution in [2.45, 2.75) is 6.42 Å². The third-order valence-corrected chi connectivity index (χ3v) is 8.14. The van der Waals surface area contributed by atoms with Crippen molar-refractivity contribution >= 4 is 17.8 Å². The van der Waals surface area contributed by atoms with Crippen LogP contribution in [0.4, 0.5) is 0 Å². The fourth-order valence-corrected chi connectivity index (χ4v) is 4.81. The molecule has 0 saturated heterocycles. The number of hydrogen-bond donors (Lipinski definition) is 1. The van der Waals surface area contributed by atoms with Crippen molar-refractivity contribution in [3.8, 4) is 0 Å². The maximum atomic E-state index is 11.4. The van der Waals surface area contributed by atoms with E-state index in [0.29, 0.717) is 225 Å². The van der Waals surface area contributed by atoms with Crippen molar-refractivity contribution in [1.82, 2.24) is 4.90 Å². The zero-order valence-electron chi connectivity index (χ0n) is 39.0. The molecule has 0 fully saturated rings. The fourth-order valence-electron chi connectivity index (χ4n) is 4.81. The first-order valence-corrected chi connectivity index (χ1v) is 22.8. The third-order valence-electron chi connectivity index (χ3n) is 8.14. The molecule has 23 nitrogen and oxygen atoms in total. The van der Waals surface area contributed by atoms with Crippen LogP contribution in [0.1, 0.15) is 6.42 Å². The molecule has 66 heavy (non-hydrogen) atoms. The van der Waals surface area contributed by atoms with Crippen LogP contribution in [-0.4, -0.2) is 272 Å². The first kappa shape index (κ1) is 61.6. The van der Waals surface area contributed by atoms with Gasteiger partial charge in [0.15, 0.2) is 0 Å². The van der Waals surface area contributed by atoms with Gasteiger partial charge in [-0.3, -0.25) is 19.3 Å². The molecule has 0 bridgehead atoms. The zero-order valence-corrected chi connectivity index (χ0v) is 39.0. The molecule has 0 aromatic heterocycles. The number of imide groups is 1. The third kappa shape index (κ3) is 46.7. The maximum absolute atomic E-state index is 11.4. The van der Waals surface area contributed by atoms with Gasteiger partial charge in [-0.05, 0) is 0 Å². The molecule has 0 spiro atoms. The molecule has 1 N–H and O–H groups in total. The molecular formula is C43H79NO22. The summed E-state index contributed by atoms with van der Waals surface area (Å²) in [6, 6.07) is 0. The molecular weight excluding hydrogens is 882 g/mol. The smallest absolute Gasteiger partial charge is 0.305 e. The second-order valence-corrected chi connectivity index (χ2v) is 13.3. The van der Waals surface area contributed by atoms with E-state index in [1.807, 2.05) is 0 Å². The molecule has 1 aliphatic rings. The van der Waals surface area contributed by atoms with Gasteiger partial charge in [-0.1, -0.05) is 0 Å². The van der Waals surface area contributed by atoms with Crippen LogP contribution in [0.5, 0.6) is 0 Å². The van der Waals surface area contributed by atoms with E-state index in [9.17, 15) is 14.4 Å². The number of carboxylic acids is 1. The molecule has 23 heteroatoms. The Balaban J connectivity index is 1.60. The van der Waals surface area contributed by atoms with E-state index in [0.717, 1.165) is 4.90 Å². The summed E-state index contributed by atoms with van der Waals surface area (Å²) in [6.07, 6.45) is 2.49. The van der Waals surface area contributed by atoms with Crippen molar-refractivity contribution in [2.75, 3.05) is 244 Å². The Morgan fingerprint density at radius 3 is 0.606 bits per heavy atom. The number of aliphatic carboxylic acids is 1. The second kappa shape index (κ2) is 52.0. The molecule has 0 aliphatic carbocycles. The summed E-state index contributed by atoms with van der Waals surface area (Å²) in [4.78, 5) is 34.4. The highest BCUT2D eigenvalue weighted by atomic mass is 16.6. The summed E-state index contributed by atoms with van der Waals surface area (Å²) in [5.41, 5.74) is 0. The number of carbonyl (C=O) groups excluding carboxylic acids is 2. The van der Waals surface area contributed by atoms with Gasteiger partial charge in [0.05, 0.1) is 251 Å². The lowest BCUT2D eigenvalue weighted by molar-refractivity contribution is -0.139. The van der Waals surface area contributed by atoms with Gasteiger partial charge in [-0.25, -0.2) is 0 Å². The van der Waals surface area contributed by atoms with Gasteiger partial charge in [-0.15, -0.1) is 0 Å². The lowest BCUT2D eigenvalue weighted by atomic mass is 10.5. The first-order valence-electron chi connectivity index (χ1n) is 22.8. The number of carbonyl (C=O) groups is 3. The maximum Gasteiger partial charge on any atom is 0.305 e. The summed E-state index contributed by atoms with van der Waals surface area (Å²) < 4.78 is 97.9. The first-order chi connectivity index (χ1) is 32.6. The lowest BCUT2D eigenvalue weighted by Gasteiger charge is -2.13. The van der Waals surface area contributed by atoms with E-state index >= 15 is 0 Å². The quantitative estimate of drug-likeness (QED) is 0.0607. The van der Waals surface area contributed by atoms with Gasteiger partial charge in [0.25, 0.3) is 11.8 Å². The number of nitrogens with zero attached hydrogens (tertiary/aromatic N) is 1. The summed E-state index contributed by atoms with van der Waals surface area (Å²) >= 11 is 0. The molecule has 1 aliphatic heterocycles. The molecule has 0 saturated carbocycles. The Morgan fingerprint density at radius 2 is 0.439 bits per heavy atom. The van der Waals surface area contributed by atoms with Crippen molar-refractivity contribution in [2.24, 2.45) is 0 Å². The lowest BCUT2D eigenvalue weighted by Crippen LogP contribution is -2.33. The Kier molecular flexibility index (Phi) is 48.6. The van der Waals surface area contributed by atoms with Crippen LogP contribution in [0, 0.1) is 0 Å². The van der Waals surface area contributed by atoms with Crippen LogP contribution in [0.25, 0.3) is 0 Å². The summed E-state index contributed by atoms with van der Waals surface area (Å²) in [7, 11) is 0. The Hall–Kier alpha value is -2.37. The number of amides is 2. The van der Waals surface area contributed by atoms with Crippen molar-refractivity contribution in [3.05, 3.63) is 12.2 Å². The van der Waals surface area contributed by atoms with E-state index < -0.39 is 5.97 Å². The van der Waals surface area contributed by atoms with Gasteiger partial charge in [-0.2, -0.15) is 0 Å². The summed E-state index contributed by atoms with van der Waals surface area (Å²) in [6.45, 7) is 16.3. The highest BCUT2D eigenvalue weighted by Crippen LogP contribution is 2.02. The van der Waals surface area contributed by atoms with Gasteiger partial charge in [0.2, 0.25) is 0 Å². The molecule has 388 valence electrons. The second-order valence-electron chi connectivity index (χ2n) is 13.3. The number of ether oxygens (including phenoxy) is 18. The molecule has 0 aromatic rings. The van der Waals surface area contributed by atoms with Crippen LogP contribution in [0.3, 0.4) is 0 Å². The molecule has 2 amide bonds. The van der Waals surface area contributed by atoms with Gasteiger partial charge >= 0.3 is 5.97 Å². The fraction of sp³-hybridized carbons (Fsp3) is 0.884. The van der Waals surface area contributed by atoms with Crippen molar-refractivity contribution < 1.29 is 105 Å². The normalized spacial score (nSPS) is 12.7. The minimum Gasteiger partial charge on any atom is -0.481 e. The van der Waals surface area contributed by atoms with Gasteiger partial charge in [0.1, 0.15) is 0 Å². The monoisotopic (exact) mass is 962 g/mol. The van der Waals surface area contributed by atoms with Crippen molar-refractivity contribution in [1.29, 1.82) is 0 Å². The van der Waals surface area contributed by atoms with Crippen molar-refractivity contribution in [3.63, 3.8) is 0 Å². The van der Waals surface area contributed by atoms with E-state index in [-0.39, 0.29) is 38.0 Å². The molecule has 1 heterocycles. The summed E-state index contributed by atoms with van der Waals surface area (Å²) in [5.74, 6) is -1.51. The van der Waals surface area contributed by atoms with Crippen LogP contribution < -0.4 is 0 Å². The van der Waals surface area contributed by atoms with Gasteiger partial charge < -0.3 is 90.4 Å². The minimum absolute atomic E-state index is 0.0100.